The van der Waals surface area contributed by atoms with Gasteiger partial charge in [0.25, 0.3) is 5.91 Å². The number of aromatic amines is 1. The van der Waals surface area contributed by atoms with Gasteiger partial charge in [-0.1, -0.05) is 30.3 Å². The van der Waals surface area contributed by atoms with Gasteiger partial charge in [-0.3, -0.25) is 10.1 Å². The van der Waals surface area contributed by atoms with Crippen molar-refractivity contribution in [2.45, 2.75) is 0 Å². The minimum absolute atomic E-state index is 0.178. The van der Waals surface area contributed by atoms with Gasteiger partial charge in [-0.2, -0.15) is 0 Å². The molecule has 0 aliphatic carbocycles. The van der Waals surface area contributed by atoms with Crippen LogP contribution < -0.4 is 16.8 Å². The zero-order chi connectivity index (χ0) is 17.6. The summed E-state index contributed by atoms with van der Waals surface area (Å²) in [6.45, 7) is 0. The predicted molar refractivity (Wildman–Crippen MR) is 95.2 cm³/mol. The predicted octanol–water partition coefficient (Wildman–Crippen LogP) is 3.17. The fourth-order valence-electron chi connectivity index (χ4n) is 2.95. The molecule has 2 aromatic heterocycles. The molecule has 0 spiro atoms. The normalized spacial score (nSPS) is 11.0. The number of carbonyl (C=O) groups excluding carboxylic acids is 2. The topological polar surface area (TPSA) is 127 Å². The van der Waals surface area contributed by atoms with E-state index in [4.69, 9.17) is 15.9 Å². The van der Waals surface area contributed by atoms with E-state index in [-0.39, 0.29) is 11.4 Å². The molecule has 124 valence electrons. The van der Waals surface area contributed by atoms with Gasteiger partial charge < -0.3 is 20.9 Å². The van der Waals surface area contributed by atoms with E-state index in [2.05, 4.69) is 10.3 Å². The van der Waals surface area contributed by atoms with Crippen molar-refractivity contribution in [3.05, 3.63) is 54.1 Å². The van der Waals surface area contributed by atoms with Crippen LogP contribution in [0.1, 0.15) is 10.4 Å². The van der Waals surface area contributed by atoms with Gasteiger partial charge in [0, 0.05) is 21.9 Å². The molecule has 2 heterocycles. The Hall–Kier alpha value is -3.74. The summed E-state index contributed by atoms with van der Waals surface area (Å²) in [5.74, 6) is 0.214. The Kier molecular flexibility index (Phi) is 3.21. The van der Waals surface area contributed by atoms with E-state index in [1.807, 2.05) is 42.5 Å². The number of anilines is 1. The summed E-state index contributed by atoms with van der Waals surface area (Å²) in [6.07, 6.45) is 0. The molecule has 4 aromatic rings. The molecule has 0 unspecified atom stereocenters. The highest BCUT2D eigenvalue weighted by Gasteiger charge is 2.18. The number of amides is 3. The van der Waals surface area contributed by atoms with Crippen molar-refractivity contribution in [3.63, 3.8) is 0 Å². The molecule has 4 rings (SSSR count). The lowest BCUT2D eigenvalue weighted by molar-refractivity contribution is 0.100. The number of hydrogen-bond acceptors (Lipinski definition) is 3. The van der Waals surface area contributed by atoms with E-state index >= 15 is 0 Å². The van der Waals surface area contributed by atoms with E-state index in [0.29, 0.717) is 16.7 Å². The minimum Gasteiger partial charge on any atom is -0.456 e. The number of carbonyl (C=O) groups is 2. The number of primary amides is 2. The summed E-state index contributed by atoms with van der Waals surface area (Å²) in [4.78, 5) is 25.8. The van der Waals surface area contributed by atoms with Crippen LogP contribution in [-0.4, -0.2) is 16.9 Å². The number of benzene rings is 2. The van der Waals surface area contributed by atoms with Crippen LogP contribution in [0, 0.1) is 0 Å². The molecule has 0 atom stereocenters. The molecule has 0 aliphatic heterocycles. The lowest BCUT2D eigenvalue weighted by atomic mass is 10.1. The standard InChI is InChI=1S/C18H14N4O3/c19-16(23)15-11-6-5-10(7-12(11)21-17(15)22-18(20)24)14-8-9-3-1-2-4-13(9)25-14/h1-8,21H,(H2,19,23)(H3,20,22,24). The van der Waals surface area contributed by atoms with Crippen molar-refractivity contribution < 1.29 is 14.0 Å². The van der Waals surface area contributed by atoms with Crippen LogP contribution in [0.15, 0.2) is 52.9 Å². The maximum atomic E-state index is 11.7. The quantitative estimate of drug-likeness (QED) is 0.459. The Balaban J connectivity index is 1.87. The number of nitrogens with one attached hydrogen (secondary N) is 2. The summed E-state index contributed by atoms with van der Waals surface area (Å²) in [7, 11) is 0. The van der Waals surface area contributed by atoms with E-state index in [9.17, 15) is 9.59 Å². The van der Waals surface area contributed by atoms with Crippen molar-refractivity contribution in [1.82, 2.24) is 4.98 Å². The first kappa shape index (κ1) is 14.8. The highest BCUT2D eigenvalue weighted by Crippen LogP contribution is 2.32. The first-order chi connectivity index (χ1) is 12.0. The fraction of sp³-hybridized carbons (Fsp3) is 0. The Morgan fingerprint density at radius 2 is 1.84 bits per heavy atom. The van der Waals surface area contributed by atoms with E-state index < -0.39 is 11.9 Å². The molecule has 0 radical (unpaired) electrons. The van der Waals surface area contributed by atoms with Crippen molar-refractivity contribution in [2.75, 3.05) is 5.32 Å². The lowest BCUT2D eigenvalue weighted by Gasteiger charge is -2.00. The highest BCUT2D eigenvalue weighted by atomic mass is 16.3. The van der Waals surface area contributed by atoms with Gasteiger partial charge in [-0.25, -0.2) is 4.79 Å². The zero-order valence-electron chi connectivity index (χ0n) is 13.0. The second-order valence-corrected chi connectivity index (χ2v) is 5.64. The van der Waals surface area contributed by atoms with Gasteiger partial charge >= 0.3 is 6.03 Å². The maximum Gasteiger partial charge on any atom is 0.317 e. The average molecular weight is 334 g/mol. The van der Waals surface area contributed by atoms with Crippen molar-refractivity contribution in [3.8, 4) is 11.3 Å². The average Bonchev–Trinajstić information content (AvgIpc) is 3.13. The number of aromatic nitrogens is 1. The molecular weight excluding hydrogens is 320 g/mol. The number of urea groups is 1. The molecule has 0 saturated carbocycles. The van der Waals surface area contributed by atoms with Crippen LogP contribution in [0.3, 0.4) is 0 Å². The van der Waals surface area contributed by atoms with Gasteiger partial charge in [-0.05, 0) is 18.2 Å². The van der Waals surface area contributed by atoms with Crippen LogP contribution in [-0.2, 0) is 0 Å². The van der Waals surface area contributed by atoms with Crippen LogP contribution in [0.2, 0.25) is 0 Å². The molecule has 0 saturated heterocycles. The van der Waals surface area contributed by atoms with Crippen LogP contribution in [0.4, 0.5) is 10.6 Å². The van der Waals surface area contributed by atoms with Crippen molar-refractivity contribution >= 4 is 39.6 Å². The monoisotopic (exact) mass is 334 g/mol. The molecule has 2 aromatic carbocycles. The van der Waals surface area contributed by atoms with Crippen LogP contribution >= 0.6 is 0 Å². The SMILES string of the molecule is NC(=O)Nc1[nH]c2cc(-c3cc4ccccc4o3)ccc2c1C(N)=O. The van der Waals surface area contributed by atoms with E-state index in [1.54, 1.807) is 6.07 Å². The third-order valence-corrected chi connectivity index (χ3v) is 4.00. The molecule has 7 heteroatoms. The largest absolute Gasteiger partial charge is 0.456 e. The number of nitrogens with two attached hydrogens (primary N) is 2. The fourth-order valence-corrected chi connectivity index (χ4v) is 2.95. The summed E-state index contributed by atoms with van der Waals surface area (Å²) < 4.78 is 5.86. The molecule has 6 N–H and O–H groups in total. The molecule has 0 bridgehead atoms. The molecule has 7 nitrogen and oxygen atoms in total. The summed E-state index contributed by atoms with van der Waals surface area (Å²) in [5, 5.41) is 3.98. The Morgan fingerprint density at radius 3 is 2.56 bits per heavy atom. The second-order valence-electron chi connectivity index (χ2n) is 5.64. The second kappa shape index (κ2) is 5.41. The first-order valence-electron chi connectivity index (χ1n) is 7.54. The van der Waals surface area contributed by atoms with Crippen LogP contribution in [0.5, 0.6) is 0 Å². The zero-order valence-corrected chi connectivity index (χ0v) is 13.0. The number of H-pyrrole nitrogens is 1. The number of fused-ring (bicyclic) bond motifs is 2. The summed E-state index contributed by atoms with van der Waals surface area (Å²) >= 11 is 0. The third-order valence-electron chi connectivity index (χ3n) is 4.00. The molecule has 0 fully saturated rings. The molecular formula is C18H14N4O3. The van der Waals surface area contributed by atoms with Crippen molar-refractivity contribution in [2.24, 2.45) is 11.5 Å². The number of hydrogen-bond donors (Lipinski definition) is 4. The van der Waals surface area contributed by atoms with Gasteiger partial charge in [0.15, 0.2) is 0 Å². The number of rotatable bonds is 3. The molecule has 0 aliphatic rings. The number of furan rings is 1. The summed E-state index contributed by atoms with van der Waals surface area (Å²) in [6, 6.07) is 14.3. The van der Waals surface area contributed by atoms with Gasteiger partial charge in [0.05, 0.1) is 5.56 Å². The smallest absolute Gasteiger partial charge is 0.317 e. The Bertz CT molecular complexity index is 1110. The van der Waals surface area contributed by atoms with Gasteiger partial charge in [0.2, 0.25) is 0 Å². The van der Waals surface area contributed by atoms with Crippen molar-refractivity contribution in [1.29, 1.82) is 0 Å². The third kappa shape index (κ3) is 2.47. The van der Waals surface area contributed by atoms with E-state index in [1.165, 1.54) is 0 Å². The summed E-state index contributed by atoms with van der Waals surface area (Å²) in [5.41, 5.74) is 13.0. The van der Waals surface area contributed by atoms with E-state index in [0.717, 1.165) is 16.5 Å². The highest BCUT2D eigenvalue weighted by molar-refractivity contribution is 6.13. The minimum atomic E-state index is -0.786. The Morgan fingerprint density at radius 1 is 1.04 bits per heavy atom. The molecule has 25 heavy (non-hydrogen) atoms. The first-order valence-corrected chi connectivity index (χ1v) is 7.54. The van der Waals surface area contributed by atoms with Crippen LogP contribution in [0.25, 0.3) is 33.2 Å². The maximum absolute atomic E-state index is 11.7. The number of para-hydroxylation sites is 1. The molecule has 3 amide bonds. The van der Waals surface area contributed by atoms with Gasteiger partial charge in [-0.15, -0.1) is 0 Å². The lowest BCUT2D eigenvalue weighted by Crippen LogP contribution is -2.22. The van der Waals surface area contributed by atoms with Gasteiger partial charge in [0.1, 0.15) is 17.2 Å². The Labute approximate surface area is 141 Å².